The maximum Gasteiger partial charge on any atom is 0.282 e. The molecule has 1 aliphatic heterocycles. The number of hydrogen-bond acceptors (Lipinski definition) is 3. The maximum absolute atomic E-state index is 12.4. The van der Waals surface area contributed by atoms with Gasteiger partial charge in [-0.1, -0.05) is 30.3 Å². The Hall–Kier alpha value is -3.08. The molecule has 0 spiro atoms. The monoisotopic (exact) mass is 294 g/mol. The average molecular weight is 294 g/mol. The van der Waals surface area contributed by atoms with Crippen LogP contribution in [0.5, 0.6) is 5.75 Å². The number of anilines is 1. The van der Waals surface area contributed by atoms with Gasteiger partial charge in [0, 0.05) is 0 Å². The van der Waals surface area contributed by atoms with E-state index in [4.69, 9.17) is 4.74 Å². The lowest BCUT2D eigenvalue weighted by atomic mass is 10.1. The number of ether oxygens (including phenoxy) is 1. The van der Waals surface area contributed by atoms with Gasteiger partial charge in [-0.05, 0) is 35.9 Å². The fraction of sp³-hybridized carbons (Fsp3) is 0.0588. The highest BCUT2D eigenvalue weighted by atomic mass is 16.5. The molecule has 0 radical (unpaired) electrons. The van der Waals surface area contributed by atoms with Gasteiger partial charge in [-0.3, -0.25) is 15.0 Å². The van der Waals surface area contributed by atoms with E-state index in [1.165, 1.54) is 5.01 Å². The number of nitrogens with zero attached hydrogens (tertiary/aromatic N) is 1. The van der Waals surface area contributed by atoms with Crippen LogP contribution in [-0.4, -0.2) is 18.9 Å². The number of carbonyl (C=O) groups is 2. The topological polar surface area (TPSA) is 58.6 Å². The van der Waals surface area contributed by atoms with Gasteiger partial charge in [-0.15, -0.1) is 0 Å². The van der Waals surface area contributed by atoms with Gasteiger partial charge in [0.25, 0.3) is 11.8 Å². The van der Waals surface area contributed by atoms with Crippen LogP contribution in [0.1, 0.15) is 5.56 Å². The number of methoxy groups -OCH3 is 1. The molecule has 0 atom stereocenters. The van der Waals surface area contributed by atoms with Crippen LogP contribution in [-0.2, 0) is 9.59 Å². The molecule has 0 saturated carbocycles. The van der Waals surface area contributed by atoms with Crippen molar-refractivity contribution >= 4 is 23.6 Å². The Labute approximate surface area is 127 Å². The third-order valence-electron chi connectivity index (χ3n) is 3.33. The maximum atomic E-state index is 12.4. The van der Waals surface area contributed by atoms with Gasteiger partial charge < -0.3 is 4.74 Å². The minimum Gasteiger partial charge on any atom is -0.497 e. The number of para-hydroxylation sites is 1. The highest BCUT2D eigenvalue weighted by molar-refractivity contribution is 6.31. The van der Waals surface area contributed by atoms with Gasteiger partial charge in [-0.2, -0.15) is 0 Å². The largest absolute Gasteiger partial charge is 0.497 e. The number of carbonyl (C=O) groups excluding carboxylic acids is 2. The van der Waals surface area contributed by atoms with Gasteiger partial charge in [-0.25, -0.2) is 5.01 Å². The zero-order chi connectivity index (χ0) is 15.5. The van der Waals surface area contributed by atoms with Gasteiger partial charge in [0.2, 0.25) is 0 Å². The van der Waals surface area contributed by atoms with E-state index >= 15 is 0 Å². The summed E-state index contributed by atoms with van der Waals surface area (Å²) >= 11 is 0. The summed E-state index contributed by atoms with van der Waals surface area (Å²) in [5.74, 6) is -0.0630. The van der Waals surface area contributed by atoms with E-state index in [2.05, 4.69) is 5.43 Å². The van der Waals surface area contributed by atoms with Crippen molar-refractivity contribution in [2.45, 2.75) is 0 Å². The smallest absolute Gasteiger partial charge is 0.282 e. The van der Waals surface area contributed by atoms with E-state index in [0.29, 0.717) is 5.69 Å². The van der Waals surface area contributed by atoms with E-state index in [9.17, 15) is 9.59 Å². The molecule has 2 amide bonds. The van der Waals surface area contributed by atoms with E-state index in [1.807, 2.05) is 6.07 Å². The first kappa shape index (κ1) is 13.9. The summed E-state index contributed by atoms with van der Waals surface area (Å²) < 4.78 is 5.08. The number of hydrazine groups is 1. The Bertz CT molecular complexity index is 736. The first-order chi connectivity index (χ1) is 10.7. The third kappa shape index (κ3) is 2.56. The lowest BCUT2D eigenvalue weighted by Gasteiger charge is -2.13. The Balaban J connectivity index is 1.89. The highest BCUT2D eigenvalue weighted by Gasteiger charge is 2.34. The standard InChI is InChI=1S/C17H14N2O3/c1-22-14-9-7-12(8-10-14)11-15-16(20)18-19(17(15)21)13-5-3-2-4-6-13/h2-11H,1H3,(H,18,20). The van der Waals surface area contributed by atoms with Crippen LogP contribution in [0, 0.1) is 0 Å². The third-order valence-corrected chi connectivity index (χ3v) is 3.33. The number of hydrogen-bond donors (Lipinski definition) is 1. The van der Waals surface area contributed by atoms with Crippen molar-refractivity contribution in [2.75, 3.05) is 12.1 Å². The predicted octanol–water partition coefficient (Wildman–Crippen LogP) is 2.16. The van der Waals surface area contributed by atoms with E-state index in [-0.39, 0.29) is 11.5 Å². The molecular weight excluding hydrogens is 280 g/mol. The fourth-order valence-electron chi connectivity index (χ4n) is 2.18. The van der Waals surface area contributed by atoms with E-state index in [1.54, 1.807) is 61.7 Å². The molecule has 2 aromatic carbocycles. The first-order valence-electron chi connectivity index (χ1n) is 6.75. The molecule has 3 rings (SSSR count). The molecule has 110 valence electrons. The molecule has 1 N–H and O–H groups in total. The Morgan fingerprint density at radius 3 is 2.32 bits per heavy atom. The molecule has 0 aliphatic carbocycles. The fourth-order valence-corrected chi connectivity index (χ4v) is 2.18. The van der Waals surface area contributed by atoms with Crippen molar-refractivity contribution in [2.24, 2.45) is 0 Å². The van der Waals surface area contributed by atoms with Crippen LogP contribution in [0.4, 0.5) is 5.69 Å². The Kier molecular flexibility index (Phi) is 3.62. The van der Waals surface area contributed by atoms with E-state index in [0.717, 1.165) is 11.3 Å². The SMILES string of the molecule is COc1ccc(C=C2C(=O)NN(c3ccccc3)C2=O)cc1. The molecule has 5 nitrogen and oxygen atoms in total. The van der Waals surface area contributed by atoms with Crippen LogP contribution in [0.15, 0.2) is 60.2 Å². The number of rotatable bonds is 3. The van der Waals surface area contributed by atoms with Crippen LogP contribution < -0.4 is 15.2 Å². The molecule has 2 aromatic rings. The molecule has 0 aromatic heterocycles. The van der Waals surface area contributed by atoms with Gasteiger partial charge >= 0.3 is 0 Å². The second-order valence-corrected chi connectivity index (χ2v) is 4.75. The van der Waals surface area contributed by atoms with Gasteiger partial charge in [0.05, 0.1) is 12.8 Å². The first-order valence-corrected chi connectivity index (χ1v) is 6.75. The number of amides is 2. The Morgan fingerprint density at radius 2 is 1.68 bits per heavy atom. The molecule has 0 bridgehead atoms. The minimum absolute atomic E-state index is 0.106. The van der Waals surface area contributed by atoms with Crippen LogP contribution in [0.2, 0.25) is 0 Å². The normalized spacial score (nSPS) is 16.0. The summed E-state index contributed by atoms with van der Waals surface area (Å²) in [6, 6.07) is 16.1. The minimum atomic E-state index is -0.412. The van der Waals surface area contributed by atoms with Crippen LogP contribution in [0.3, 0.4) is 0 Å². The number of nitrogens with one attached hydrogen (secondary N) is 1. The highest BCUT2D eigenvalue weighted by Crippen LogP contribution is 2.21. The van der Waals surface area contributed by atoms with Crippen molar-refractivity contribution in [1.82, 2.24) is 5.43 Å². The summed E-state index contributed by atoms with van der Waals surface area (Å²) in [5.41, 5.74) is 4.05. The molecular formula is C17H14N2O3. The Morgan fingerprint density at radius 1 is 1.00 bits per heavy atom. The van der Waals surface area contributed by atoms with Crippen LogP contribution >= 0.6 is 0 Å². The van der Waals surface area contributed by atoms with Crippen molar-refractivity contribution < 1.29 is 14.3 Å². The van der Waals surface area contributed by atoms with Crippen LogP contribution in [0.25, 0.3) is 6.08 Å². The van der Waals surface area contributed by atoms with E-state index < -0.39 is 5.91 Å². The van der Waals surface area contributed by atoms with Crippen molar-refractivity contribution in [3.8, 4) is 5.75 Å². The molecule has 0 unspecified atom stereocenters. The predicted molar refractivity (Wildman–Crippen MR) is 83.0 cm³/mol. The second kappa shape index (κ2) is 5.73. The second-order valence-electron chi connectivity index (χ2n) is 4.75. The summed E-state index contributed by atoms with van der Waals surface area (Å²) in [4.78, 5) is 24.4. The molecule has 1 saturated heterocycles. The number of benzene rings is 2. The molecule has 1 heterocycles. The van der Waals surface area contributed by atoms with Gasteiger partial charge in [0.1, 0.15) is 11.3 Å². The molecule has 1 fully saturated rings. The van der Waals surface area contributed by atoms with Crippen molar-refractivity contribution in [3.05, 3.63) is 65.7 Å². The summed E-state index contributed by atoms with van der Waals surface area (Å²) in [6.07, 6.45) is 1.57. The van der Waals surface area contributed by atoms with Crippen molar-refractivity contribution in [3.63, 3.8) is 0 Å². The van der Waals surface area contributed by atoms with Crippen molar-refractivity contribution in [1.29, 1.82) is 0 Å². The quantitative estimate of drug-likeness (QED) is 0.697. The molecule has 1 aliphatic rings. The van der Waals surface area contributed by atoms with Gasteiger partial charge in [0.15, 0.2) is 0 Å². The zero-order valence-corrected chi connectivity index (χ0v) is 11.9. The lowest BCUT2D eigenvalue weighted by Crippen LogP contribution is -2.35. The summed E-state index contributed by atoms with van der Waals surface area (Å²) in [5, 5.41) is 1.25. The lowest BCUT2D eigenvalue weighted by molar-refractivity contribution is -0.117. The molecule has 22 heavy (non-hydrogen) atoms. The molecule has 5 heteroatoms. The summed E-state index contributed by atoms with van der Waals surface area (Å²) in [6.45, 7) is 0. The zero-order valence-electron chi connectivity index (χ0n) is 11.9. The average Bonchev–Trinajstić information content (AvgIpc) is 2.84. The summed E-state index contributed by atoms with van der Waals surface area (Å²) in [7, 11) is 1.58.